The topological polar surface area (TPSA) is 164 Å². The number of rotatable bonds is 15. The maximum atomic E-state index is 12.5. The van der Waals surface area contributed by atoms with E-state index >= 15 is 0 Å². The predicted molar refractivity (Wildman–Crippen MR) is 238 cm³/mol. The minimum absolute atomic E-state index is 0.0184. The second kappa shape index (κ2) is 22.6. The Morgan fingerprint density at radius 1 is 0.823 bits per heavy atom. The third kappa shape index (κ3) is 13.2. The molecular weight excluding hydrogens is 793 g/mol. The summed E-state index contributed by atoms with van der Waals surface area (Å²) in [7, 11) is 1.45. The Morgan fingerprint density at radius 3 is 1.85 bits per heavy atom. The number of phenols is 1. The number of benzene rings is 1. The van der Waals surface area contributed by atoms with Crippen molar-refractivity contribution in [2.45, 2.75) is 159 Å². The minimum atomic E-state index is -0.474. The molecule has 0 aromatic heterocycles. The molecule has 1 aromatic carbocycles. The second-order valence-corrected chi connectivity index (χ2v) is 20.4. The molecule has 5 unspecified atom stereocenters. The van der Waals surface area contributed by atoms with Crippen molar-refractivity contribution in [2.24, 2.45) is 50.7 Å². The zero-order valence-electron chi connectivity index (χ0n) is 40.3. The van der Waals surface area contributed by atoms with E-state index in [-0.39, 0.29) is 64.0 Å². The van der Waals surface area contributed by atoms with E-state index in [1.165, 1.54) is 25.7 Å². The summed E-state index contributed by atoms with van der Waals surface area (Å²) >= 11 is 0. The summed E-state index contributed by atoms with van der Waals surface area (Å²) in [6.45, 7) is 25.2. The van der Waals surface area contributed by atoms with Crippen LogP contribution in [0.3, 0.4) is 0 Å². The first kappa shape index (κ1) is 53.1. The highest BCUT2D eigenvalue weighted by Gasteiger charge is 2.60. The molecule has 2 saturated heterocycles. The number of aliphatic hydroxyl groups is 1. The van der Waals surface area contributed by atoms with Gasteiger partial charge in [0.15, 0.2) is 0 Å². The second-order valence-electron chi connectivity index (χ2n) is 20.4. The minimum Gasteiger partial charge on any atom is -0.508 e. The Kier molecular flexibility index (Phi) is 19.4. The number of esters is 4. The molecule has 2 heterocycles. The number of aromatic hydroxyl groups is 1. The van der Waals surface area contributed by atoms with Crippen LogP contribution in [0.25, 0.3) is 0 Å². The zero-order chi connectivity index (χ0) is 46.6. The molecule has 0 amide bonds. The van der Waals surface area contributed by atoms with Gasteiger partial charge in [-0.1, -0.05) is 48.5 Å². The smallest absolute Gasteiger partial charge is 0.316 e. The van der Waals surface area contributed by atoms with Crippen LogP contribution < -0.4 is 4.74 Å². The fourth-order valence-electron chi connectivity index (χ4n) is 9.50. The number of methoxy groups -OCH3 is 1. The molecular formula is C50H82O12. The molecule has 1 aromatic rings. The normalized spacial score (nSPS) is 28.2. The summed E-state index contributed by atoms with van der Waals surface area (Å²) in [6, 6.07) is 6.11. The number of phenolic OH excluding ortho intramolecular Hbond substituents is 1. The van der Waals surface area contributed by atoms with Crippen molar-refractivity contribution in [2.75, 3.05) is 46.8 Å². The average Bonchev–Trinajstić information content (AvgIpc) is 3.68. The third-order valence-electron chi connectivity index (χ3n) is 15.0. The van der Waals surface area contributed by atoms with E-state index < -0.39 is 10.8 Å². The maximum Gasteiger partial charge on any atom is 0.316 e. The molecule has 354 valence electrons. The van der Waals surface area contributed by atoms with Crippen molar-refractivity contribution in [1.82, 2.24) is 0 Å². The van der Waals surface area contributed by atoms with E-state index in [4.69, 9.17) is 33.5 Å². The number of hydrogen-bond donors (Lipinski definition) is 2. The van der Waals surface area contributed by atoms with Gasteiger partial charge in [0.2, 0.25) is 0 Å². The van der Waals surface area contributed by atoms with Gasteiger partial charge in [-0.3, -0.25) is 19.2 Å². The summed E-state index contributed by atoms with van der Waals surface area (Å²) in [5, 5.41) is 18.9. The highest BCUT2D eigenvalue weighted by Crippen LogP contribution is 2.63. The average molecular weight is 875 g/mol. The fraction of sp³-hybridized carbons (Fsp3) is 0.800. The summed E-state index contributed by atoms with van der Waals surface area (Å²) in [4.78, 5) is 47.2. The van der Waals surface area contributed by atoms with Crippen molar-refractivity contribution in [1.29, 1.82) is 0 Å². The standard InChI is InChI=1S/C17H28O3.C12H16O3.C11H20O3.C10H18O3/c1-4-15(2,3)14(19)20-17-8-12-5-13(9-17)7-16(6-12,10-17)11-18;1-4-12(2,3)11(14)15-10-7-5-9(13)6-8-10;1-4-9(3)10(12)14-8-11(5-2)6-13-7-11;1-4-8-6-13-7-10(8,5-2)9(11)12-3/h12-13,18H,4-11H2,1-3H3;5-8,13H,4H2,1-3H3;9H,4-8H2,1-3H3;8H,4-7H2,1-3H3. The lowest BCUT2D eigenvalue weighted by atomic mass is 9.48. The van der Waals surface area contributed by atoms with Gasteiger partial charge in [0.25, 0.3) is 0 Å². The lowest BCUT2D eigenvalue weighted by Gasteiger charge is -2.61. The van der Waals surface area contributed by atoms with Gasteiger partial charge < -0.3 is 38.6 Å². The number of carbonyl (C=O) groups is 4. The van der Waals surface area contributed by atoms with Crippen LogP contribution in [-0.2, 0) is 42.9 Å². The van der Waals surface area contributed by atoms with Crippen molar-refractivity contribution in [3.8, 4) is 11.5 Å². The molecule has 62 heavy (non-hydrogen) atoms. The fourth-order valence-corrected chi connectivity index (χ4v) is 9.50. The Balaban J connectivity index is 0.000000224. The zero-order valence-corrected chi connectivity index (χ0v) is 40.3. The van der Waals surface area contributed by atoms with E-state index in [9.17, 15) is 24.3 Å². The van der Waals surface area contributed by atoms with E-state index in [2.05, 4.69) is 13.8 Å². The van der Waals surface area contributed by atoms with E-state index in [0.717, 1.165) is 83.8 Å². The van der Waals surface area contributed by atoms with Gasteiger partial charge in [0.1, 0.15) is 23.7 Å². The molecule has 2 aliphatic heterocycles. The monoisotopic (exact) mass is 875 g/mol. The first-order valence-corrected chi connectivity index (χ1v) is 23.4. The van der Waals surface area contributed by atoms with Gasteiger partial charge in [-0.2, -0.15) is 0 Å². The van der Waals surface area contributed by atoms with Crippen molar-refractivity contribution < 1.29 is 57.8 Å². The molecule has 4 saturated carbocycles. The summed E-state index contributed by atoms with van der Waals surface area (Å²) in [5.41, 5.74) is -1.35. The first-order chi connectivity index (χ1) is 29.1. The lowest BCUT2D eigenvalue weighted by molar-refractivity contribution is -0.214. The number of carbonyl (C=O) groups excluding carboxylic acids is 4. The molecule has 12 nitrogen and oxygen atoms in total. The number of ether oxygens (including phenoxy) is 6. The Morgan fingerprint density at radius 2 is 1.40 bits per heavy atom. The van der Waals surface area contributed by atoms with Crippen LogP contribution in [0.1, 0.15) is 153 Å². The highest BCUT2D eigenvalue weighted by molar-refractivity contribution is 5.78. The molecule has 6 aliphatic rings. The summed E-state index contributed by atoms with van der Waals surface area (Å²) in [6.07, 6.45) is 11.6. The van der Waals surface area contributed by atoms with Crippen molar-refractivity contribution in [3.63, 3.8) is 0 Å². The molecule has 6 fully saturated rings. The van der Waals surface area contributed by atoms with Gasteiger partial charge in [-0.05, 0) is 146 Å². The first-order valence-electron chi connectivity index (χ1n) is 23.4. The molecule has 4 aliphatic carbocycles. The van der Waals surface area contributed by atoms with Crippen molar-refractivity contribution >= 4 is 23.9 Å². The predicted octanol–water partition coefficient (Wildman–Crippen LogP) is 9.65. The highest BCUT2D eigenvalue weighted by atomic mass is 16.6. The van der Waals surface area contributed by atoms with E-state index in [1.807, 2.05) is 62.3 Å². The summed E-state index contributed by atoms with van der Waals surface area (Å²) in [5.74, 6) is 1.78. The SMILES string of the molecule is CCC(C)(C)C(=O)OC12CC3CC(CC(CO)(C3)C1)C2.CCC(C)(C)C(=O)Oc1ccc(O)cc1.CCC(C)C(=O)OCC1(CC)COC1.CCC1COCC1(CC)C(=O)OC. The Bertz CT molecular complexity index is 1580. The van der Waals surface area contributed by atoms with E-state index in [0.29, 0.717) is 43.3 Å². The molecule has 4 bridgehead atoms. The van der Waals surface area contributed by atoms with Crippen LogP contribution in [0, 0.1) is 50.7 Å². The third-order valence-corrected chi connectivity index (χ3v) is 15.0. The number of hydrogen-bond acceptors (Lipinski definition) is 12. The Hall–Kier alpha value is -3.22. The molecule has 7 rings (SSSR count). The van der Waals surface area contributed by atoms with E-state index in [1.54, 1.807) is 12.1 Å². The Labute approximate surface area is 372 Å². The molecule has 12 heteroatoms. The van der Waals surface area contributed by atoms with Crippen LogP contribution in [0.15, 0.2) is 24.3 Å². The van der Waals surface area contributed by atoms with Crippen LogP contribution >= 0.6 is 0 Å². The van der Waals surface area contributed by atoms with Crippen LogP contribution in [0.4, 0.5) is 0 Å². The quantitative estimate of drug-likeness (QED) is 0.0976. The molecule has 0 spiro atoms. The molecule has 0 radical (unpaired) electrons. The summed E-state index contributed by atoms with van der Waals surface area (Å²) < 4.78 is 31.9. The van der Waals surface area contributed by atoms with Gasteiger partial charge in [0.05, 0.1) is 61.1 Å². The van der Waals surface area contributed by atoms with Crippen LogP contribution in [0.5, 0.6) is 11.5 Å². The van der Waals surface area contributed by atoms with Crippen molar-refractivity contribution in [3.05, 3.63) is 24.3 Å². The van der Waals surface area contributed by atoms with Crippen LogP contribution in [-0.4, -0.2) is 86.4 Å². The van der Waals surface area contributed by atoms with Gasteiger partial charge in [-0.15, -0.1) is 0 Å². The maximum absolute atomic E-state index is 12.5. The largest absolute Gasteiger partial charge is 0.508 e. The van der Waals surface area contributed by atoms with Gasteiger partial charge in [-0.25, -0.2) is 0 Å². The molecule has 2 N–H and O–H groups in total. The lowest BCUT2D eigenvalue weighted by Crippen LogP contribution is -2.59. The van der Waals surface area contributed by atoms with Gasteiger partial charge in [0, 0.05) is 12.5 Å². The van der Waals surface area contributed by atoms with Crippen LogP contribution in [0.2, 0.25) is 0 Å². The van der Waals surface area contributed by atoms with Gasteiger partial charge >= 0.3 is 23.9 Å². The number of aliphatic hydroxyl groups excluding tert-OH is 1. The molecule has 5 atom stereocenters.